The fourth-order valence-electron chi connectivity index (χ4n) is 9.10. The molecular weight excluding hydrogens is 756 g/mol. The first-order valence-corrected chi connectivity index (χ1v) is 19.8. The lowest BCUT2D eigenvalue weighted by molar-refractivity contribution is -0.141. The summed E-state index contributed by atoms with van der Waals surface area (Å²) in [5, 5.41) is 21.6. The van der Waals surface area contributed by atoms with Crippen molar-refractivity contribution in [3.05, 3.63) is 81.9 Å². The lowest BCUT2D eigenvalue weighted by atomic mass is 9.84. The van der Waals surface area contributed by atoms with Crippen molar-refractivity contribution in [3.63, 3.8) is 0 Å². The Balaban J connectivity index is 0.897. The van der Waals surface area contributed by atoms with Crippen molar-refractivity contribution in [1.29, 1.82) is 0 Å². The Labute approximate surface area is 331 Å². The molecular formula is C41H46F3N9O5. The van der Waals surface area contributed by atoms with Gasteiger partial charge in [0.25, 0.3) is 5.91 Å². The second kappa shape index (κ2) is 15.1. The topological polar surface area (TPSA) is 169 Å². The van der Waals surface area contributed by atoms with Crippen LogP contribution in [0.5, 0.6) is 0 Å². The lowest BCUT2D eigenvalue weighted by Gasteiger charge is -2.37. The van der Waals surface area contributed by atoms with Crippen molar-refractivity contribution in [2.24, 2.45) is 13.0 Å². The second-order valence-electron chi connectivity index (χ2n) is 16.5. The van der Waals surface area contributed by atoms with Gasteiger partial charge in [0, 0.05) is 42.8 Å². The number of benzene rings is 2. The molecule has 17 heteroatoms. The molecule has 0 bridgehead atoms. The summed E-state index contributed by atoms with van der Waals surface area (Å²) in [7, 11) is 1.75. The van der Waals surface area contributed by atoms with Gasteiger partial charge in [0.15, 0.2) is 5.69 Å². The number of carbonyl (C=O) groups excluding carboxylic acids is 3. The minimum atomic E-state index is -4.76. The summed E-state index contributed by atoms with van der Waals surface area (Å²) in [6.45, 7) is 6.00. The number of hydrogen-bond donors (Lipinski definition) is 3. The van der Waals surface area contributed by atoms with E-state index in [0.29, 0.717) is 35.0 Å². The third-order valence-corrected chi connectivity index (χ3v) is 12.1. The molecule has 2 aromatic carbocycles. The molecule has 1 unspecified atom stereocenters. The maximum absolute atomic E-state index is 13.5. The Morgan fingerprint density at radius 3 is 2.43 bits per heavy atom. The molecule has 58 heavy (non-hydrogen) atoms. The van der Waals surface area contributed by atoms with Gasteiger partial charge in [-0.1, -0.05) is 12.1 Å². The predicted molar refractivity (Wildman–Crippen MR) is 208 cm³/mol. The number of imidazole rings is 1. The fraction of sp³-hybridized carbons (Fsp3) is 0.488. The first-order valence-electron chi connectivity index (χ1n) is 19.8. The van der Waals surface area contributed by atoms with Gasteiger partial charge in [-0.3, -0.25) is 38.5 Å². The quantitative estimate of drug-likeness (QED) is 0.170. The molecule has 5 heterocycles. The number of aryl methyl sites for hydroxylation is 1. The number of imide groups is 1. The molecule has 8 rings (SSSR count). The van der Waals surface area contributed by atoms with Crippen LogP contribution < -0.4 is 16.3 Å². The zero-order valence-corrected chi connectivity index (χ0v) is 32.6. The molecule has 1 saturated carbocycles. The third-order valence-electron chi connectivity index (χ3n) is 12.1. The standard InChI is InChI=1S/C41H46F3N9O5/c1-40(2,58)28-18-29-25(17-30(28)47-37(55)31-19-45-20-34(46-31)41(42,43)44)22-52(49-29)26-9-7-23(8-10-26)21-51-15-13-24(14-16-51)27-5-4-6-32-36(27)50(3)39(57)53(32)33-11-12-35(54)48-38(33)56/h4-6,17-20,22-24,26,33,58H,7-16,21H2,1-3H3,(H,47,55)(H,48,54,56)/t23-,26-,33?. The first-order chi connectivity index (χ1) is 27.5. The van der Waals surface area contributed by atoms with Gasteiger partial charge in [-0.15, -0.1) is 0 Å². The average Bonchev–Trinajstić information content (AvgIpc) is 3.72. The summed E-state index contributed by atoms with van der Waals surface area (Å²) in [6.07, 6.45) is 5.01. The fourth-order valence-corrected chi connectivity index (χ4v) is 9.10. The Hall–Kier alpha value is -5.42. The number of hydrogen-bond acceptors (Lipinski definition) is 9. The highest BCUT2D eigenvalue weighted by atomic mass is 19.4. The second-order valence-corrected chi connectivity index (χ2v) is 16.5. The molecule has 2 saturated heterocycles. The first kappa shape index (κ1) is 39.4. The number of aromatic nitrogens is 6. The number of fused-ring (bicyclic) bond motifs is 2. The maximum Gasteiger partial charge on any atom is 0.434 e. The van der Waals surface area contributed by atoms with Gasteiger partial charge in [-0.25, -0.2) is 9.78 Å². The normalized spacial score (nSPS) is 21.5. The van der Waals surface area contributed by atoms with Crippen LogP contribution >= 0.6 is 0 Å². The van der Waals surface area contributed by atoms with E-state index in [1.54, 1.807) is 42.2 Å². The van der Waals surface area contributed by atoms with E-state index in [1.165, 1.54) is 0 Å². The van der Waals surface area contributed by atoms with Crippen LogP contribution in [0.4, 0.5) is 18.9 Å². The van der Waals surface area contributed by atoms with Crippen molar-refractivity contribution in [3.8, 4) is 0 Å². The Morgan fingerprint density at radius 2 is 1.74 bits per heavy atom. The lowest BCUT2D eigenvalue weighted by Crippen LogP contribution is -2.44. The number of alkyl halides is 3. The van der Waals surface area contributed by atoms with Gasteiger partial charge < -0.3 is 15.3 Å². The molecule has 5 aromatic rings. The number of rotatable bonds is 8. The monoisotopic (exact) mass is 801 g/mol. The summed E-state index contributed by atoms with van der Waals surface area (Å²) in [6, 6.07) is 8.75. The summed E-state index contributed by atoms with van der Waals surface area (Å²) >= 11 is 0. The minimum absolute atomic E-state index is 0.165. The van der Waals surface area contributed by atoms with Crippen molar-refractivity contribution in [1.82, 2.24) is 39.1 Å². The summed E-state index contributed by atoms with van der Waals surface area (Å²) in [4.78, 5) is 60.5. The smallest absolute Gasteiger partial charge is 0.386 e. The third kappa shape index (κ3) is 7.64. The van der Waals surface area contributed by atoms with Crippen LogP contribution in [0.1, 0.15) is 111 Å². The number of nitrogens with one attached hydrogen (secondary N) is 2. The largest absolute Gasteiger partial charge is 0.434 e. The van der Waals surface area contributed by atoms with E-state index in [4.69, 9.17) is 5.10 Å². The number of amides is 3. The van der Waals surface area contributed by atoms with Crippen LogP contribution in [0, 0.1) is 5.92 Å². The van der Waals surface area contributed by atoms with Crippen LogP contribution in [0.15, 0.2) is 53.7 Å². The van der Waals surface area contributed by atoms with E-state index >= 15 is 0 Å². The van der Waals surface area contributed by atoms with Crippen molar-refractivity contribution in [2.45, 2.75) is 95.0 Å². The summed E-state index contributed by atoms with van der Waals surface area (Å²) < 4.78 is 44.8. The van der Waals surface area contributed by atoms with Gasteiger partial charge in [-0.05, 0) is 107 Å². The van der Waals surface area contributed by atoms with Gasteiger partial charge in [0.2, 0.25) is 11.8 Å². The van der Waals surface area contributed by atoms with Crippen LogP contribution in [0.25, 0.3) is 21.9 Å². The molecule has 3 amide bonds. The molecule has 3 aromatic heterocycles. The highest BCUT2D eigenvalue weighted by molar-refractivity contribution is 6.04. The van der Waals surface area contributed by atoms with Crippen LogP contribution in [-0.2, 0) is 28.4 Å². The minimum Gasteiger partial charge on any atom is -0.386 e. The van der Waals surface area contributed by atoms with Gasteiger partial charge in [0.05, 0.1) is 40.6 Å². The molecule has 3 N–H and O–H groups in total. The number of anilines is 1. The van der Waals surface area contributed by atoms with E-state index in [1.807, 2.05) is 23.0 Å². The predicted octanol–water partition coefficient (Wildman–Crippen LogP) is 5.57. The SMILES string of the molecule is Cn1c(=O)n(C2CCC(=O)NC2=O)c2cccc(C3CCN(C[C@H]4CC[C@H](n5cc6cc(NC(=O)c7cncc(C(F)(F)F)n7)c(C(C)(C)O)cc6n5)CC4)CC3)c21. The van der Waals surface area contributed by atoms with Gasteiger partial charge >= 0.3 is 11.9 Å². The molecule has 14 nitrogen and oxygen atoms in total. The number of halogens is 3. The van der Waals surface area contributed by atoms with E-state index in [0.717, 1.165) is 81.0 Å². The average molecular weight is 802 g/mol. The number of aliphatic hydroxyl groups is 1. The number of piperidine rings is 2. The molecule has 3 fully saturated rings. The van der Waals surface area contributed by atoms with Crippen molar-refractivity contribution >= 4 is 45.3 Å². The molecule has 306 valence electrons. The van der Waals surface area contributed by atoms with Gasteiger partial charge in [0.1, 0.15) is 11.7 Å². The molecule has 0 spiro atoms. The highest BCUT2D eigenvalue weighted by Crippen LogP contribution is 2.38. The summed E-state index contributed by atoms with van der Waals surface area (Å²) in [5.74, 6) is -0.832. The molecule has 1 aliphatic carbocycles. The Bertz CT molecular complexity index is 2470. The Kier molecular flexibility index (Phi) is 10.2. The molecule has 3 aliphatic rings. The van der Waals surface area contributed by atoms with E-state index in [2.05, 4.69) is 31.6 Å². The van der Waals surface area contributed by atoms with Crippen LogP contribution in [0.3, 0.4) is 0 Å². The van der Waals surface area contributed by atoms with E-state index in [9.17, 15) is 37.5 Å². The maximum atomic E-state index is 13.5. The molecule has 1 atom stereocenters. The van der Waals surface area contributed by atoms with E-state index < -0.39 is 41.0 Å². The number of carbonyl (C=O) groups is 3. The van der Waals surface area contributed by atoms with Crippen LogP contribution in [-0.4, -0.2) is 76.2 Å². The zero-order valence-electron chi connectivity index (χ0n) is 32.6. The van der Waals surface area contributed by atoms with Gasteiger partial charge in [-0.2, -0.15) is 18.3 Å². The summed E-state index contributed by atoms with van der Waals surface area (Å²) in [5.41, 5.74) is 0.473. The van der Waals surface area contributed by atoms with Crippen molar-refractivity contribution < 1.29 is 32.7 Å². The number of para-hydroxylation sites is 1. The Morgan fingerprint density at radius 1 is 1.00 bits per heavy atom. The highest BCUT2D eigenvalue weighted by Gasteiger charge is 2.35. The zero-order chi connectivity index (χ0) is 41.1. The molecule has 2 aliphatic heterocycles. The molecule has 0 radical (unpaired) electrons. The number of likely N-dealkylation sites (tertiary alicyclic amines) is 1. The van der Waals surface area contributed by atoms with Crippen LogP contribution in [0.2, 0.25) is 0 Å². The van der Waals surface area contributed by atoms with Crippen molar-refractivity contribution in [2.75, 3.05) is 25.0 Å². The number of nitrogens with zero attached hydrogens (tertiary/aromatic N) is 7. The van der Waals surface area contributed by atoms with E-state index in [-0.39, 0.29) is 35.7 Å².